The summed E-state index contributed by atoms with van der Waals surface area (Å²) in [7, 11) is 2.17. The molecule has 2 saturated heterocycles. The van der Waals surface area contributed by atoms with Crippen molar-refractivity contribution in [3.63, 3.8) is 0 Å². The minimum atomic E-state index is -0.188. The number of piperazine rings is 1. The van der Waals surface area contributed by atoms with Gasteiger partial charge in [-0.25, -0.2) is 4.39 Å². The third kappa shape index (κ3) is 3.31. The van der Waals surface area contributed by atoms with Gasteiger partial charge in [0.1, 0.15) is 5.82 Å². The Hall–Kier alpha value is -1.46. The fraction of sp³-hybridized carbons (Fsp3) is 0.588. The Bertz CT molecular complexity index is 533. The Balaban J connectivity index is 1.70. The predicted molar refractivity (Wildman–Crippen MR) is 83.9 cm³/mol. The molecule has 120 valence electrons. The van der Waals surface area contributed by atoms with E-state index in [0.29, 0.717) is 6.42 Å². The van der Waals surface area contributed by atoms with Gasteiger partial charge in [0.25, 0.3) is 0 Å². The molecule has 5 heteroatoms. The highest BCUT2D eigenvalue weighted by atomic mass is 19.1. The summed E-state index contributed by atoms with van der Waals surface area (Å²) in [5, 5.41) is 2.98. The maximum Gasteiger partial charge on any atom is 0.220 e. The topological polar surface area (TPSA) is 35.6 Å². The third-order valence-corrected chi connectivity index (χ3v) is 5.13. The van der Waals surface area contributed by atoms with Crippen LogP contribution in [-0.2, 0) is 11.3 Å². The molecule has 0 aliphatic carbocycles. The molecule has 2 heterocycles. The molecule has 0 saturated carbocycles. The van der Waals surface area contributed by atoms with Gasteiger partial charge in [0.15, 0.2) is 0 Å². The number of hydrogen-bond acceptors (Lipinski definition) is 3. The van der Waals surface area contributed by atoms with Crippen molar-refractivity contribution in [2.75, 3.05) is 33.2 Å². The van der Waals surface area contributed by atoms with E-state index in [9.17, 15) is 9.18 Å². The molecule has 1 atom stereocenters. The Morgan fingerprint density at radius 3 is 2.77 bits per heavy atom. The van der Waals surface area contributed by atoms with Gasteiger partial charge in [0, 0.05) is 44.7 Å². The number of nitrogens with one attached hydrogen (secondary N) is 1. The molecule has 1 aromatic carbocycles. The summed E-state index contributed by atoms with van der Waals surface area (Å²) in [6, 6.07) is 6.77. The molecule has 1 unspecified atom stereocenters. The smallest absolute Gasteiger partial charge is 0.220 e. The molecule has 22 heavy (non-hydrogen) atoms. The summed E-state index contributed by atoms with van der Waals surface area (Å²) in [6.45, 7) is 4.59. The lowest BCUT2D eigenvalue weighted by Gasteiger charge is -2.49. The number of nitrogens with zero attached hydrogens (tertiary/aromatic N) is 2. The second-order valence-electron chi connectivity index (χ2n) is 6.58. The molecule has 1 spiro atoms. The first-order valence-corrected chi connectivity index (χ1v) is 8.02. The second-order valence-corrected chi connectivity index (χ2v) is 6.58. The van der Waals surface area contributed by atoms with E-state index in [1.54, 1.807) is 0 Å². The van der Waals surface area contributed by atoms with Gasteiger partial charge in [0.2, 0.25) is 5.91 Å². The Kier molecular flexibility index (Phi) is 4.45. The van der Waals surface area contributed by atoms with Crippen LogP contribution >= 0.6 is 0 Å². The molecule has 3 rings (SSSR count). The number of benzene rings is 1. The maximum atomic E-state index is 13.0. The molecule has 1 aromatic rings. The molecule has 1 N–H and O–H groups in total. The highest BCUT2D eigenvalue weighted by molar-refractivity contribution is 5.76. The standard InChI is InChI=1S/C17H24FN3O/c1-20-10-11-21(12-14-2-4-15(18)5-3-14)13-17(20)7-6-16(22)19-9-8-17/h2-5H,6-13H2,1H3,(H,19,22). The molecule has 2 fully saturated rings. The monoisotopic (exact) mass is 305 g/mol. The van der Waals surface area contributed by atoms with Crippen LogP contribution in [0.15, 0.2) is 24.3 Å². The van der Waals surface area contributed by atoms with Gasteiger partial charge in [-0.15, -0.1) is 0 Å². The van der Waals surface area contributed by atoms with Gasteiger partial charge >= 0.3 is 0 Å². The molecular weight excluding hydrogens is 281 g/mol. The van der Waals surface area contributed by atoms with Crippen LogP contribution in [0.4, 0.5) is 4.39 Å². The zero-order chi connectivity index (χ0) is 15.6. The number of rotatable bonds is 2. The quantitative estimate of drug-likeness (QED) is 0.902. The van der Waals surface area contributed by atoms with Crippen LogP contribution in [0.25, 0.3) is 0 Å². The van der Waals surface area contributed by atoms with Crippen molar-refractivity contribution < 1.29 is 9.18 Å². The van der Waals surface area contributed by atoms with Crippen LogP contribution in [0.1, 0.15) is 24.8 Å². The van der Waals surface area contributed by atoms with E-state index in [-0.39, 0.29) is 17.3 Å². The molecule has 1 amide bonds. The molecule has 0 radical (unpaired) electrons. The zero-order valence-electron chi connectivity index (χ0n) is 13.1. The van der Waals surface area contributed by atoms with Gasteiger partial charge in [0.05, 0.1) is 0 Å². The maximum absolute atomic E-state index is 13.0. The minimum absolute atomic E-state index is 0.0808. The number of hydrogen-bond donors (Lipinski definition) is 1. The average Bonchev–Trinajstić information content (AvgIpc) is 2.69. The Morgan fingerprint density at radius 1 is 1.23 bits per heavy atom. The molecule has 2 aliphatic rings. The molecule has 4 nitrogen and oxygen atoms in total. The highest BCUT2D eigenvalue weighted by Gasteiger charge is 2.40. The normalized spacial score (nSPS) is 27.6. The van der Waals surface area contributed by atoms with Crippen molar-refractivity contribution in [3.8, 4) is 0 Å². The largest absolute Gasteiger partial charge is 0.356 e. The second kappa shape index (κ2) is 6.34. The van der Waals surface area contributed by atoms with Crippen LogP contribution in [0.2, 0.25) is 0 Å². The Labute approximate surface area is 131 Å². The van der Waals surface area contributed by atoms with E-state index >= 15 is 0 Å². The zero-order valence-corrected chi connectivity index (χ0v) is 13.1. The molecular formula is C17H24FN3O. The number of amides is 1. The summed E-state index contributed by atoms with van der Waals surface area (Å²) in [6.07, 6.45) is 2.51. The summed E-state index contributed by atoms with van der Waals surface area (Å²) in [5.74, 6) is -0.0205. The summed E-state index contributed by atoms with van der Waals surface area (Å²) < 4.78 is 13.0. The van der Waals surface area contributed by atoms with Gasteiger partial charge < -0.3 is 5.32 Å². The van der Waals surface area contributed by atoms with Crippen molar-refractivity contribution >= 4 is 5.91 Å². The summed E-state index contributed by atoms with van der Waals surface area (Å²) in [4.78, 5) is 16.5. The van der Waals surface area contributed by atoms with Gasteiger partial charge in [-0.1, -0.05) is 12.1 Å². The van der Waals surface area contributed by atoms with E-state index in [1.165, 1.54) is 12.1 Å². The van der Waals surface area contributed by atoms with Crippen molar-refractivity contribution in [2.24, 2.45) is 0 Å². The molecule has 0 bridgehead atoms. The fourth-order valence-electron chi connectivity index (χ4n) is 3.66. The number of carbonyl (C=O) groups is 1. The lowest BCUT2D eigenvalue weighted by molar-refractivity contribution is -0.121. The van der Waals surface area contributed by atoms with Crippen LogP contribution in [0.3, 0.4) is 0 Å². The van der Waals surface area contributed by atoms with E-state index in [1.807, 2.05) is 12.1 Å². The minimum Gasteiger partial charge on any atom is -0.356 e. The Morgan fingerprint density at radius 2 is 2.00 bits per heavy atom. The van der Waals surface area contributed by atoms with E-state index in [4.69, 9.17) is 0 Å². The fourth-order valence-corrected chi connectivity index (χ4v) is 3.66. The van der Waals surface area contributed by atoms with Gasteiger partial charge in [-0.2, -0.15) is 0 Å². The molecule has 0 aromatic heterocycles. The lowest BCUT2D eigenvalue weighted by atomic mass is 9.86. The predicted octanol–water partition coefficient (Wildman–Crippen LogP) is 1.61. The summed E-state index contributed by atoms with van der Waals surface area (Å²) >= 11 is 0. The van der Waals surface area contributed by atoms with Gasteiger partial charge in [-0.05, 0) is 37.6 Å². The lowest BCUT2D eigenvalue weighted by Crippen LogP contribution is -2.60. The van der Waals surface area contributed by atoms with E-state index in [2.05, 4.69) is 22.2 Å². The average molecular weight is 305 g/mol. The highest BCUT2D eigenvalue weighted by Crippen LogP contribution is 2.30. The number of likely N-dealkylation sites (N-methyl/N-ethyl adjacent to an activating group) is 1. The van der Waals surface area contributed by atoms with Crippen molar-refractivity contribution in [2.45, 2.75) is 31.3 Å². The van der Waals surface area contributed by atoms with E-state index < -0.39 is 0 Å². The van der Waals surface area contributed by atoms with Crippen LogP contribution < -0.4 is 5.32 Å². The number of carbonyl (C=O) groups excluding carboxylic acids is 1. The van der Waals surface area contributed by atoms with Crippen LogP contribution in [0.5, 0.6) is 0 Å². The molecule has 2 aliphatic heterocycles. The van der Waals surface area contributed by atoms with Crippen molar-refractivity contribution in [1.29, 1.82) is 0 Å². The first-order valence-electron chi connectivity index (χ1n) is 8.02. The van der Waals surface area contributed by atoms with Crippen LogP contribution in [0, 0.1) is 5.82 Å². The SMILES string of the molecule is CN1CCN(Cc2ccc(F)cc2)CC12CCNC(=O)CC2. The first-order chi connectivity index (χ1) is 10.6. The van der Waals surface area contributed by atoms with Crippen molar-refractivity contribution in [3.05, 3.63) is 35.6 Å². The summed E-state index contributed by atoms with van der Waals surface area (Å²) in [5.41, 5.74) is 1.22. The van der Waals surface area contributed by atoms with E-state index in [0.717, 1.165) is 51.1 Å². The number of halogens is 1. The van der Waals surface area contributed by atoms with Crippen molar-refractivity contribution in [1.82, 2.24) is 15.1 Å². The third-order valence-electron chi connectivity index (χ3n) is 5.13. The van der Waals surface area contributed by atoms with Crippen LogP contribution in [-0.4, -0.2) is 54.5 Å². The first kappa shape index (κ1) is 15.4. The van der Waals surface area contributed by atoms with Gasteiger partial charge in [-0.3, -0.25) is 14.6 Å².